The quantitative estimate of drug-likeness (QED) is 0.874. The fraction of sp³-hybridized carbons (Fsp3) is 0.368. The summed E-state index contributed by atoms with van der Waals surface area (Å²) in [6, 6.07) is 12.0. The SMILES string of the molecule is CC(O)(CC(=O)NC1CCN(c2ncccc2F)C1)c1ccccc1. The first-order valence-electron chi connectivity index (χ1n) is 8.38. The molecule has 25 heavy (non-hydrogen) atoms. The maximum Gasteiger partial charge on any atom is 0.223 e. The van der Waals surface area contributed by atoms with Crippen molar-refractivity contribution in [1.82, 2.24) is 10.3 Å². The molecule has 0 bridgehead atoms. The van der Waals surface area contributed by atoms with Crippen molar-refractivity contribution in [3.05, 3.63) is 60.0 Å². The third-order valence-electron chi connectivity index (χ3n) is 4.49. The van der Waals surface area contributed by atoms with Crippen LogP contribution in [0.5, 0.6) is 0 Å². The highest BCUT2D eigenvalue weighted by Gasteiger charge is 2.30. The Kier molecular flexibility index (Phi) is 4.99. The Balaban J connectivity index is 1.57. The summed E-state index contributed by atoms with van der Waals surface area (Å²) in [5.41, 5.74) is -0.523. The fourth-order valence-corrected chi connectivity index (χ4v) is 3.17. The summed E-state index contributed by atoms with van der Waals surface area (Å²) in [6.45, 7) is 2.77. The number of halogens is 1. The van der Waals surface area contributed by atoms with Crippen LogP contribution in [0.3, 0.4) is 0 Å². The standard InChI is InChI=1S/C19H22FN3O2/c1-19(25,14-6-3-2-4-7-14)12-17(24)22-15-9-11-23(13-15)18-16(20)8-5-10-21-18/h2-8,10,15,25H,9,11-13H2,1H3,(H,22,24). The first-order valence-corrected chi connectivity index (χ1v) is 8.38. The minimum absolute atomic E-state index is 0.0224. The first kappa shape index (κ1) is 17.4. The number of nitrogens with one attached hydrogen (secondary N) is 1. The lowest BCUT2D eigenvalue weighted by Gasteiger charge is -2.24. The molecule has 0 aliphatic carbocycles. The van der Waals surface area contributed by atoms with Crippen molar-refractivity contribution in [2.45, 2.75) is 31.4 Å². The van der Waals surface area contributed by atoms with Gasteiger partial charge in [-0.15, -0.1) is 0 Å². The van der Waals surface area contributed by atoms with E-state index in [2.05, 4.69) is 10.3 Å². The van der Waals surface area contributed by atoms with E-state index in [1.165, 1.54) is 6.07 Å². The minimum atomic E-state index is -1.23. The Morgan fingerprint density at radius 2 is 2.12 bits per heavy atom. The molecule has 132 valence electrons. The van der Waals surface area contributed by atoms with E-state index >= 15 is 0 Å². The monoisotopic (exact) mass is 343 g/mol. The number of hydrogen-bond acceptors (Lipinski definition) is 4. The number of benzene rings is 1. The Morgan fingerprint density at radius 1 is 1.36 bits per heavy atom. The van der Waals surface area contributed by atoms with E-state index in [0.717, 1.165) is 6.42 Å². The lowest BCUT2D eigenvalue weighted by molar-refractivity contribution is -0.126. The molecule has 2 aromatic rings. The number of aliphatic hydroxyl groups is 1. The number of aromatic nitrogens is 1. The lowest BCUT2D eigenvalue weighted by Crippen LogP contribution is -2.40. The fourth-order valence-electron chi connectivity index (χ4n) is 3.17. The first-order chi connectivity index (χ1) is 12.0. The van der Waals surface area contributed by atoms with Crippen LogP contribution in [0, 0.1) is 5.82 Å². The maximum absolute atomic E-state index is 13.8. The van der Waals surface area contributed by atoms with Crippen molar-refractivity contribution in [2.24, 2.45) is 0 Å². The number of carbonyl (C=O) groups is 1. The molecule has 1 fully saturated rings. The predicted octanol–water partition coefficient (Wildman–Crippen LogP) is 2.21. The van der Waals surface area contributed by atoms with Gasteiger partial charge < -0.3 is 15.3 Å². The van der Waals surface area contributed by atoms with Crippen LogP contribution in [-0.2, 0) is 10.4 Å². The highest BCUT2D eigenvalue weighted by atomic mass is 19.1. The van der Waals surface area contributed by atoms with Crippen molar-refractivity contribution in [3.8, 4) is 0 Å². The molecule has 6 heteroatoms. The third-order valence-corrected chi connectivity index (χ3v) is 4.49. The van der Waals surface area contributed by atoms with Gasteiger partial charge in [0, 0.05) is 25.3 Å². The molecule has 1 aliphatic rings. The molecule has 0 saturated carbocycles. The predicted molar refractivity (Wildman–Crippen MR) is 93.6 cm³/mol. The summed E-state index contributed by atoms with van der Waals surface area (Å²) in [5.74, 6) is -0.265. The van der Waals surface area contributed by atoms with Gasteiger partial charge in [-0.3, -0.25) is 4.79 Å². The second-order valence-corrected chi connectivity index (χ2v) is 6.62. The molecule has 2 unspecified atom stereocenters. The number of pyridine rings is 1. The van der Waals surface area contributed by atoms with E-state index in [-0.39, 0.29) is 24.2 Å². The van der Waals surface area contributed by atoms with Crippen LogP contribution in [0.15, 0.2) is 48.7 Å². The summed E-state index contributed by atoms with van der Waals surface area (Å²) in [7, 11) is 0. The van der Waals surface area contributed by atoms with E-state index in [1.54, 1.807) is 31.3 Å². The van der Waals surface area contributed by atoms with E-state index < -0.39 is 5.60 Å². The Bertz CT molecular complexity index is 736. The zero-order chi connectivity index (χ0) is 17.9. The number of carbonyl (C=O) groups excluding carboxylic acids is 1. The molecule has 1 aromatic heterocycles. The highest BCUT2D eigenvalue weighted by molar-refractivity contribution is 5.77. The average Bonchev–Trinajstić information content (AvgIpc) is 3.03. The van der Waals surface area contributed by atoms with Crippen molar-refractivity contribution < 1.29 is 14.3 Å². The molecule has 5 nitrogen and oxygen atoms in total. The van der Waals surface area contributed by atoms with Gasteiger partial charge in [0.05, 0.1) is 12.0 Å². The van der Waals surface area contributed by atoms with Crippen LogP contribution in [0.25, 0.3) is 0 Å². The Hall–Kier alpha value is -2.47. The molecule has 1 aromatic carbocycles. The van der Waals surface area contributed by atoms with Gasteiger partial charge in [0.25, 0.3) is 0 Å². The van der Waals surface area contributed by atoms with Gasteiger partial charge in [-0.25, -0.2) is 9.37 Å². The Morgan fingerprint density at radius 3 is 2.84 bits per heavy atom. The molecule has 2 heterocycles. The molecule has 0 radical (unpaired) electrons. The normalized spacial score (nSPS) is 19.5. The molecule has 0 spiro atoms. The van der Waals surface area contributed by atoms with Gasteiger partial charge in [-0.2, -0.15) is 0 Å². The van der Waals surface area contributed by atoms with Crippen LogP contribution in [0.1, 0.15) is 25.3 Å². The Labute approximate surface area is 146 Å². The van der Waals surface area contributed by atoms with E-state index in [4.69, 9.17) is 0 Å². The van der Waals surface area contributed by atoms with Crippen molar-refractivity contribution in [1.29, 1.82) is 0 Å². The highest BCUT2D eigenvalue weighted by Crippen LogP contribution is 2.25. The lowest BCUT2D eigenvalue weighted by atomic mass is 9.92. The summed E-state index contributed by atoms with van der Waals surface area (Å²) in [5, 5.41) is 13.5. The maximum atomic E-state index is 13.8. The summed E-state index contributed by atoms with van der Waals surface area (Å²) in [6.07, 6.45) is 2.25. The molecule has 1 aliphatic heterocycles. The number of anilines is 1. The van der Waals surface area contributed by atoms with Crippen LogP contribution in [0.2, 0.25) is 0 Å². The summed E-state index contributed by atoms with van der Waals surface area (Å²) >= 11 is 0. The van der Waals surface area contributed by atoms with Gasteiger partial charge in [0.1, 0.15) is 0 Å². The summed E-state index contributed by atoms with van der Waals surface area (Å²) < 4.78 is 13.8. The van der Waals surface area contributed by atoms with Gasteiger partial charge >= 0.3 is 0 Å². The number of amides is 1. The summed E-state index contributed by atoms with van der Waals surface area (Å²) in [4.78, 5) is 18.2. The van der Waals surface area contributed by atoms with Crippen molar-refractivity contribution in [2.75, 3.05) is 18.0 Å². The van der Waals surface area contributed by atoms with Gasteiger partial charge in [0.2, 0.25) is 5.91 Å². The molecule has 2 N–H and O–H groups in total. The molecular weight excluding hydrogens is 321 g/mol. The van der Waals surface area contributed by atoms with E-state index in [0.29, 0.717) is 24.5 Å². The molecule has 3 rings (SSSR count). The van der Waals surface area contributed by atoms with Crippen molar-refractivity contribution >= 4 is 11.7 Å². The molecule has 2 atom stereocenters. The zero-order valence-electron chi connectivity index (χ0n) is 14.2. The topological polar surface area (TPSA) is 65.5 Å². The molecular formula is C19H22FN3O2. The minimum Gasteiger partial charge on any atom is -0.385 e. The van der Waals surface area contributed by atoms with Crippen LogP contribution >= 0.6 is 0 Å². The molecule has 1 saturated heterocycles. The van der Waals surface area contributed by atoms with Gasteiger partial charge in [-0.05, 0) is 31.0 Å². The van der Waals surface area contributed by atoms with E-state index in [1.807, 2.05) is 23.1 Å². The smallest absolute Gasteiger partial charge is 0.223 e. The van der Waals surface area contributed by atoms with Crippen molar-refractivity contribution in [3.63, 3.8) is 0 Å². The second kappa shape index (κ2) is 7.19. The molecule has 1 amide bonds. The van der Waals surface area contributed by atoms with Crippen LogP contribution < -0.4 is 10.2 Å². The van der Waals surface area contributed by atoms with Gasteiger partial charge in [-0.1, -0.05) is 30.3 Å². The third kappa shape index (κ3) is 4.14. The largest absolute Gasteiger partial charge is 0.385 e. The number of rotatable bonds is 5. The number of nitrogens with zero attached hydrogens (tertiary/aromatic N) is 2. The second-order valence-electron chi connectivity index (χ2n) is 6.62. The van der Waals surface area contributed by atoms with E-state index in [9.17, 15) is 14.3 Å². The average molecular weight is 343 g/mol. The van der Waals surface area contributed by atoms with Gasteiger partial charge in [0.15, 0.2) is 11.6 Å². The van der Waals surface area contributed by atoms with Crippen LogP contribution in [-0.4, -0.2) is 35.1 Å². The van der Waals surface area contributed by atoms with Crippen LogP contribution in [0.4, 0.5) is 10.2 Å². The zero-order valence-corrected chi connectivity index (χ0v) is 14.2. The number of hydrogen-bond donors (Lipinski definition) is 2.